The average Bonchev–Trinajstić information content (AvgIpc) is 3.20. The maximum atomic E-state index is 14.0. The highest BCUT2D eigenvalue weighted by atomic mass is 19.1. The van der Waals surface area contributed by atoms with Gasteiger partial charge in [0.05, 0.1) is 35.0 Å². The number of benzene rings is 2. The molecule has 2 aromatic heterocycles. The van der Waals surface area contributed by atoms with Crippen molar-refractivity contribution in [2.24, 2.45) is 0 Å². The summed E-state index contributed by atoms with van der Waals surface area (Å²) in [4.78, 5) is 17.8. The highest BCUT2D eigenvalue weighted by Crippen LogP contribution is 2.26. The fraction of sp³-hybridized carbons (Fsp3) is 0.192. The second-order valence-electron chi connectivity index (χ2n) is 8.24. The number of carbonyl (C=O) groups is 1. The van der Waals surface area contributed by atoms with Gasteiger partial charge in [0.25, 0.3) is 5.91 Å². The first-order valence-electron chi connectivity index (χ1n) is 10.7. The van der Waals surface area contributed by atoms with Gasteiger partial charge in [-0.05, 0) is 55.8 Å². The number of carbonyl (C=O) groups excluding carboxylic acids is 1. The fourth-order valence-corrected chi connectivity index (χ4v) is 3.81. The van der Waals surface area contributed by atoms with E-state index in [1.54, 1.807) is 56.4 Å². The Morgan fingerprint density at radius 1 is 1.20 bits per heavy atom. The number of hydrogen-bond acceptors (Lipinski definition) is 5. The van der Waals surface area contributed by atoms with Crippen molar-refractivity contribution in [3.63, 3.8) is 0 Å². The number of nitrogens with one attached hydrogen (secondary N) is 1. The first kappa shape index (κ1) is 23.9. The molecule has 2 aromatic carbocycles. The third kappa shape index (κ3) is 4.56. The third-order valence-corrected chi connectivity index (χ3v) is 5.77. The first-order chi connectivity index (χ1) is 16.8. The van der Waals surface area contributed by atoms with E-state index in [4.69, 9.17) is 4.74 Å². The van der Waals surface area contributed by atoms with E-state index in [-0.39, 0.29) is 23.6 Å². The van der Waals surface area contributed by atoms with Crippen LogP contribution in [0, 0.1) is 29.9 Å². The van der Waals surface area contributed by atoms with Crippen molar-refractivity contribution < 1.29 is 23.4 Å². The van der Waals surface area contributed by atoms with Crippen LogP contribution in [0.5, 0.6) is 5.75 Å². The van der Waals surface area contributed by atoms with Crippen LogP contribution in [0.25, 0.3) is 5.65 Å². The minimum Gasteiger partial charge on any atom is -0.485 e. The fourth-order valence-electron chi connectivity index (χ4n) is 3.81. The summed E-state index contributed by atoms with van der Waals surface area (Å²) >= 11 is 0. The number of aromatic nitrogens is 2. The number of nitriles is 1. The van der Waals surface area contributed by atoms with Crippen LogP contribution in [-0.2, 0) is 12.1 Å². The quantitative estimate of drug-likeness (QED) is 0.420. The average molecular weight is 476 g/mol. The van der Waals surface area contributed by atoms with Crippen LogP contribution >= 0.6 is 0 Å². The molecule has 0 saturated carbocycles. The molecule has 178 valence electrons. The number of hydrogen-bond donors (Lipinski definition) is 2. The second kappa shape index (κ2) is 9.52. The maximum Gasteiger partial charge on any atom is 0.270 e. The zero-order valence-corrected chi connectivity index (χ0v) is 19.0. The van der Waals surface area contributed by atoms with Crippen molar-refractivity contribution in [3.8, 4) is 11.8 Å². The monoisotopic (exact) mass is 476 g/mol. The lowest BCUT2D eigenvalue weighted by molar-refractivity contribution is 0.0843. The topological polar surface area (TPSA) is 99.7 Å². The van der Waals surface area contributed by atoms with Gasteiger partial charge in [-0.1, -0.05) is 18.2 Å². The van der Waals surface area contributed by atoms with Gasteiger partial charge in [0.2, 0.25) is 0 Å². The van der Waals surface area contributed by atoms with Gasteiger partial charge >= 0.3 is 0 Å². The molecule has 0 fully saturated rings. The molecule has 4 aromatic rings. The summed E-state index contributed by atoms with van der Waals surface area (Å²) in [6, 6.07) is 15.5. The van der Waals surface area contributed by atoms with E-state index in [1.165, 1.54) is 10.5 Å². The molecule has 7 nitrogen and oxygen atoms in total. The lowest BCUT2D eigenvalue weighted by Gasteiger charge is -2.29. The summed E-state index contributed by atoms with van der Waals surface area (Å²) in [7, 11) is 0. The number of pyridine rings is 1. The summed E-state index contributed by atoms with van der Waals surface area (Å²) < 4.78 is 35.2. The number of rotatable bonds is 7. The number of fused-ring (bicyclic) bond motifs is 1. The molecule has 0 aliphatic rings. The molecule has 0 aliphatic heterocycles. The van der Waals surface area contributed by atoms with E-state index in [2.05, 4.69) is 10.3 Å². The Kier molecular flexibility index (Phi) is 6.49. The van der Waals surface area contributed by atoms with E-state index >= 15 is 0 Å². The lowest BCUT2D eigenvalue weighted by atomic mass is 9.91. The minimum atomic E-state index is -1.17. The summed E-state index contributed by atoms with van der Waals surface area (Å²) in [5, 5.41) is 22.1. The molecular weight excluding hydrogens is 454 g/mol. The molecule has 0 bridgehead atoms. The van der Waals surface area contributed by atoms with Gasteiger partial charge in [-0.25, -0.2) is 13.8 Å². The Hall–Kier alpha value is -4.29. The smallest absolute Gasteiger partial charge is 0.270 e. The van der Waals surface area contributed by atoms with Crippen molar-refractivity contribution in [3.05, 3.63) is 101 Å². The number of imidazole rings is 1. The lowest BCUT2D eigenvalue weighted by Crippen LogP contribution is -2.46. The van der Waals surface area contributed by atoms with E-state index in [1.807, 2.05) is 6.07 Å². The molecule has 0 unspecified atom stereocenters. The number of aryl methyl sites for hydroxylation is 1. The third-order valence-electron chi connectivity index (χ3n) is 5.77. The van der Waals surface area contributed by atoms with Gasteiger partial charge in [-0.15, -0.1) is 0 Å². The molecule has 0 aliphatic carbocycles. The molecule has 1 atom stereocenters. The zero-order valence-electron chi connectivity index (χ0n) is 19.0. The number of nitrogens with zero attached hydrogens (tertiary/aromatic N) is 3. The number of aliphatic hydroxyl groups is 1. The number of aliphatic hydroxyl groups excluding tert-OH is 1. The van der Waals surface area contributed by atoms with Gasteiger partial charge in [-0.3, -0.25) is 9.20 Å². The number of halogens is 2. The maximum absolute atomic E-state index is 14.0. The minimum absolute atomic E-state index is 0.207. The number of amides is 1. The normalized spacial score (nSPS) is 12.7. The Balaban J connectivity index is 1.65. The Bertz CT molecular complexity index is 1440. The van der Waals surface area contributed by atoms with E-state index in [0.29, 0.717) is 22.5 Å². The first-order valence-corrected chi connectivity index (χ1v) is 10.7. The number of ether oxygens (including phenoxy) is 1. The Labute approximate surface area is 200 Å². The largest absolute Gasteiger partial charge is 0.485 e. The molecular formula is C26H22F2N4O3. The van der Waals surface area contributed by atoms with Crippen molar-refractivity contribution in [1.82, 2.24) is 14.7 Å². The summed E-state index contributed by atoms with van der Waals surface area (Å²) in [5.74, 6) is -1.71. The predicted molar refractivity (Wildman–Crippen MR) is 124 cm³/mol. The molecule has 0 spiro atoms. The van der Waals surface area contributed by atoms with Gasteiger partial charge in [-0.2, -0.15) is 5.26 Å². The Morgan fingerprint density at radius 3 is 2.60 bits per heavy atom. The van der Waals surface area contributed by atoms with Crippen molar-refractivity contribution >= 4 is 11.6 Å². The molecule has 1 amide bonds. The van der Waals surface area contributed by atoms with Gasteiger partial charge < -0.3 is 15.2 Å². The molecule has 0 radical (unpaired) electrons. The van der Waals surface area contributed by atoms with Gasteiger partial charge in [0.15, 0.2) is 11.4 Å². The molecule has 2 heterocycles. The zero-order chi connectivity index (χ0) is 25.2. The predicted octanol–water partition coefficient (Wildman–Crippen LogP) is 4.01. The Morgan fingerprint density at radius 2 is 1.91 bits per heavy atom. The molecule has 4 rings (SSSR count). The van der Waals surface area contributed by atoms with Crippen molar-refractivity contribution in [2.45, 2.75) is 26.0 Å². The van der Waals surface area contributed by atoms with Crippen molar-refractivity contribution in [2.75, 3.05) is 6.61 Å². The second-order valence-corrected chi connectivity index (χ2v) is 8.24. The van der Waals surface area contributed by atoms with Crippen LogP contribution in [0.1, 0.15) is 39.8 Å². The van der Waals surface area contributed by atoms with Crippen molar-refractivity contribution in [1.29, 1.82) is 5.26 Å². The highest BCUT2D eigenvalue weighted by molar-refractivity contribution is 5.95. The van der Waals surface area contributed by atoms with Gasteiger partial charge in [0.1, 0.15) is 23.9 Å². The molecule has 0 saturated heterocycles. The summed E-state index contributed by atoms with van der Waals surface area (Å²) in [6.45, 7) is 2.53. The summed E-state index contributed by atoms with van der Waals surface area (Å²) in [5.41, 5.74) is 0.473. The van der Waals surface area contributed by atoms with Crippen LogP contribution in [-0.4, -0.2) is 27.0 Å². The van der Waals surface area contributed by atoms with Crippen LogP contribution in [0.15, 0.2) is 60.8 Å². The molecule has 9 heteroatoms. The molecule has 35 heavy (non-hydrogen) atoms. The van der Waals surface area contributed by atoms with Crippen LogP contribution in [0.3, 0.4) is 0 Å². The molecule has 2 N–H and O–H groups in total. The summed E-state index contributed by atoms with van der Waals surface area (Å²) in [6.07, 6.45) is 1.62. The van der Waals surface area contributed by atoms with Gasteiger partial charge in [0, 0.05) is 6.20 Å². The van der Waals surface area contributed by atoms with Crippen LogP contribution < -0.4 is 10.1 Å². The van der Waals surface area contributed by atoms with E-state index < -0.39 is 29.7 Å². The van der Waals surface area contributed by atoms with E-state index in [0.717, 1.165) is 12.1 Å². The SMILES string of the molecule is Cc1nc2c(OCc3c(F)cccc3F)cccn2c1C(=O)N[C@@](C)(CO)c1cccc(C#N)c1. The van der Waals surface area contributed by atoms with Crippen LogP contribution in [0.4, 0.5) is 8.78 Å². The van der Waals surface area contributed by atoms with Crippen LogP contribution in [0.2, 0.25) is 0 Å². The highest BCUT2D eigenvalue weighted by Gasteiger charge is 2.31. The van der Waals surface area contributed by atoms with E-state index in [9.17, 15) is 23.9 Å². The standard InChI is InChI=1S/C26H22F2N4O3/c1-16-23(25(34)31-26(2,15-33)18-7-3-6-17(12-18)13-29)32-11-5-10-22(24(32)30-16)35-14-19-20(27)8-4-9-21(19)28/h3-12,33H,14-15H2,1-2H3,(H,31,34)/t26-/m0/s1.